The van der Waals surface area contributed by atoms with Crippen molar-refractivity contribution in [3.63, 3.8) is 0 Å². The van der Waals surface area contributed by atoms with Crippen LogP contribution >= 0.6 is 0 Å². The van der Waals surface area contributed by atoms with Crippen LogP contribution in [0.15, 0.2) is 60.9 Å². The number of hydrogen-bond donors (Lipinski definition) is 0. The van der Waals surface area contributed by atoms with Gasteiger partial charge in [-0.3, -0.25) is 0 Å². The van der Waals surface area contributed by atoms with E-state index in [9.17, 15) is 0 Å². The second-order valence-electron chi connectivity index (χ2n) is 5.44. The normalized spacial score (nSPS) is 11.7. The first-order valence-corrected chi connectivity index (χ1v) is 7.26. The lowest BCUT2D eigenvalue weighted by molar-refractivity contribution is 0.213. The molecule has 0 aliphatic carbocycles. The minimum atomic E-state index is 0.690. The maximum atomic E-state index is 5.74. The van der Waals surface area contributed by atoms with Crippen molar-refractivity contribution in [2.75, 3.05) is 27.2 Å². The van der Waals surface area contributed by atoms with Gasteiger partial charge in [-0.1, -0.05) is 60.2 Å². The largest absolute Gasteiger partial charge is 0.499 e. The molecular formula is C19H23NO. The molecule has 2 aromatic rings. The Hall–Kier alpha value is -2.06. The first-order valence-electron chi connectivity index (χ1n) is 7.26. The highest BCUT2D eigenvalue weighted by Gasteiger charge is 2.05. The Kier molecular flexibility index (Phi) is 5.59. The molecule has 0 heterocycles. The SMILES string of the molecule is Cc1ccc(/C(=C/OCCN(C)C)c2ccccc2)cc1. The van der Waals surface area contributed by atoms with Crippen LogP contribution in [-0.4, -0.2) is 32.1 Å². The lowest BCUT2D eigenvalue weighted by Crippen LogP contribution is -2.16. The second-order valence-corrected chi connectivity index (χ2v) is 5.44. The second kappa shape index (κ2) is 7.65. The third kappa shape index (κ3) is 4.76. The summed E-state index contributed by atoms with van der Waals surface area (Å²) in [7, 11) is 4.09. The summed E-state index contributed by atoms with van der Waals surface area (Å²) in [4.78, 5) is 2.11. The van der Waals surface area contributed by atoms with E-state index in [1.54, 1.807) is 0 Å². The standard InChI is InChI=1S/C19H23NO/c1-16-9-11-18(12-10-16)19(15-21-14-13-20(2)3)17-7-5-4-6-8-17/h4-12,15H,13-14H2,1-3H3/b19-15+. The summed E-state index contributed by atoms with van der Waals surface area (Å²) in [5.41, 5.74) is 4.73. The highest BCUT2D eigenvalue weighted by molar-refractivity contribution is 5.79. The topological polar surface area (TPSA) is 12.5 Å². The smallest absolute Gasteiger partial charge is 0.1000 e. The van der Waals surface area contributed by atoms with E-state index in [2.05, 4.69) is 60.4 Å². The molecule has 0 bridgehead atoms. The molecule has 21 heavy (non-hydrogen) atoms. The zero-order chi connectivity index (χ0) is 15.1. The number of benzene rings is 2. The Balaban J connectivity index is 2.22. The van der Waals surface area contributed by atoms with E-state index >= 15 is 0 Å². The lowest BCUT2D eigenvalue weighted by Gasteiger charge is -2.12. The number of ether oxygens (including phenoxy) is 1. The molecule has 0 fully saturated rings. The van der Waals surface area contributed by atoms with Crippen LogP contribution in [-0.2, 0) is 4.74 Å². The van der Waals surface area contributed by atoms with Crippen molar-refractivity contribution in [1.29, 1.82) is 0 Å². The maximum absolute atomic E-state index is 5.74. The van der Waals surface area contributed by atoms with E-state index in [4.69, 9.17) is 4.74 Å². The summed E-state index contributed by atoms with van der Waals surface area (Å²) in [5.74, 6) is 0. The summed E-state index contributed by atoms with van der Waals surface area (Å²) < 4.78 is 5.74. The predicted octanol–water partition coefficient (Wildman–Crippen LogP) is 3.96. The molecule has 110 valence electrons. The molecule has 0 spiro atoms. The predicted molar refractivity (Wildman–Crippen MR) is 89.2 cm³/mol. The van der Waals surface area contributed by atoms with E-state index in [1.807, 2.05) is 26.4 Å². The number of rotatable bonds is 6. The molecule has 0 aliphatic heterocycles. The molecule has 0 atom stereocenters. The van der Waals surface area contributed by atoms with Gasteiger partial charge in [-0.2, -0.15) is 0 Å². The van der Waals surface area contributed by atoms with E-state index < -0.39 is 0 Å². The molecule has 0 unspecified atom stereocenters. The van der Waals surface area contributed by atoms with E-state index in [0.717, 1.165) is 12.1 Å². The Morgan fingerprint density at radius 1 is 0.952 bits per heavy atom. The molecule has 0 N–H and O–H groups in total. The summed E-state index contributed by atoms with van der Waals surface area (Å²) in [5, 5.41) is 0. The third-order valence-electron chi connectivity index (χ3n) is 3.30. The molecule has 2 nitrogen and oxygen atoms in total. The average molecular weight is 281 g/mol. The minimum absolute atomic E-state index is 0.690. The van der Waals surface area contributed by atoms with Gasteiger partial charge in [-0.15, -0.1) is 0 Å². The Morgan fingerprint density at radius 2 is 1.57 bits per heavy atom. The molecule has 2 heteroatoms. The van der Waals surface area contributed by atoms with Crippen LogP contribution in [0.4, 0.5) is 0 Å². The fourth-order valence-corrected chi connectivity index (χ4v) is 2.03. The summed E-state index contributed by atoms with van der Waals surface area (Å²) in [6.07, 6.45) is 1.88. The van der Waals surface area contributed by atoms with E-state index in [0.29, 0.717) is 6.61 Å². The van der Waals surface area contributed by atoms with E-state index in [-0.39, 0.29) is 0 Å². The molecule has 0 aromatic heterocycles. The molecule has 0 amide bonds. The molecule has 2 rings (SSSR count). The highest BCUT2D eigenvalue weighted by atomic mass is 16.5. The molecule has 0 aliphatic rings. The van der Waals surface area contributed by atoms with Crippen molar-refractivity contribution >= 4 is 5.57 Å². The summed E-state index contributed by atoms with van der Waals surface area (Å²) in [6, 6.07) is 18.9. The van der Waals surface area contributed by atoms with Crippen LogP contribution in [0, 0.1) is 6.92 Å². The Bertz CT molecular complexity index is 570. The van der Waals surface area contributed by atoms with Crippen molar-refractivity contribution < 1.29 is 4.74 Å². The molecule has 0 radical (unpaired) electrons. The average Bonchev–Trinajstić information content (AvgIpc) is 2.49. The van der Waals surface area contributed by atoms with Gasteiger partial charge >= 0.3 is 0 Å². The van der Waals surface area contributed by atoms with Gasteiger partial charge in [0.25, 0.3) is 0 Å². The molecule has 2 aromatic carbocycles. The summed E-state index contributed by atoms with van der Waals surface area (Å²) >= 11 is 0. The molecular weight excluding hydrogens is 258 g/mol. The van der Waals surface area contributed by atoms with Crippen LogP contribution < -0.4 is 0 Å². The molecule has 0 saturated heterocycles. The van der Waals surface area contributed by atoms with E-state index in [1.165, 1.54) is 16.7 Å². The van der Waals surface area contributed by atoms with Gasteiger partial charge < -0.3 is 9.64 Å². The third-order valence-corrected chi connectivity index (χ3v) is 3.30. The zero-order valence-corrected chi connectivity index (χ0v) is 13.0. The molecule has 0 saturated carbocycles. The lowest BCUT2D eigenvalue weighted by atomic mass is 9.98. The summed E-state index contributed by atoms with van der Waals surface area (Å²) in [6.45, 7) is 3.70. The Morgan fingerprint density at radius 3 is 2.19 bits per heavy atom. The van der Waals surface area contributed by atoms with Crippen LogP contribution in [0.25, 0.3) is 5.57 Å². The highest BCUT2D eigenvalue weighted by Crippen LogP contribution is 2.23. The minimum Gasteiger partial charge on any atom is -0.499 e. The fraction of sp³-hybridized carbons (Fsp3) is 0.263. The number of aryl methyl sites for hydroxylation is 1. The number of hydrogen-bond acceptors (Lipinski definition) is 2. The van der Waals surface area contributed by atoms with Crippen molar-refractivity contribution in [2.45, 2.75) is 6.92 Å². The number of nitrogens with zero attached hydrogens (tertiary/aromatic N) is 1. The van der Waals surface area contributed by atoms with Gasteiger partial charge in [0.1, 0.15) is 0 Å². The van der Waals surface area contributed by atoms with Gasteiger partial charge in [-0.25, -0.2) is 0 Å². The van der Waals surface area contributed by atoms with Crippen LogP contribution in [0.1, 0.15) is 16.7 Å². The fourth-order valence-electron chi connectivity index (χ4n) is 2.03. The Labute approximate surface area is 127 Å². The van der Waals surface area contributed by atoms with Gasteiger partial charge in [0.05, 0.1) is 12.9 Å². The van der Waals surface area contributed by atoms with Gasteiger partial charge in [0.2, 0.25) is 0 Å². The van der Waals surface area contributed by atoms with Crippen LogP contribution in [0.2, 0.25) is 0 Å². The van der Waals surface area contributed by atoms with Crippen molar-refractivity contribution in [1.82, 2.24) is 4.90 Å². The van der Waals surface area contributed by atoms with Gasteiger partial charge in [-0.05, 0) is 32.1 Å². The first-order chi connectivity index (χ1) is 10.2. The number of likely N-dealkylation sites (N-methyl/N-ethyl adjacent to an activating group) is 1. The van der Waals surface area contributed by atoms with Crippen molar-refractivity contribution in [3.05, 3.63) is 77.5 Å². The first kappa shape index (κ1) is 15.3. The monoisotopic (exact) mass is 281 g/mol. The van der Waals surface area contributed by atoms with Crippen molar-refractivity contribution in [3.8, 4) is 0 Å². The van der Waals surface area contributed by atoms with Gasteiger partial charge in [0, 0.05) is 12.1 Å². The van der Waals surface area contributed by atoms with Crippen LogP contribution in [0.3, 0.4) is 0 Å². The quantitative estimate of drug-likeness (QED) is 0.587. The van der Waals surface area contributed by atoms with Crippen molar-refractivity contribution in [2.24, 2.45) is 0 Å². The zero-order valence-electron chi connectivity index (χ0n) is 13.0. The van der Waals surface area contributed by atoms with Crippen LogP contribution in [0.5, 0.6) is 0 Å². The maximum Gasteiger partial charge on any atom is 0.1000 e. The van der Waals surface area contributed by atoms with Gasteiger partial charge in [0.15, 0.2) is 0 Å².